The smallest absolute Gasteiger partial charge is 0.412 e. The number of benzene rings is 1. The Morgan fingerprint density at radius 3 is 2.88 bits per heavy atom. The van der Waals surface area contributed by atoms with Crippen LogP contribution >= 0.6 is 0 Å². The summed E-state index contributed by atoms with van der Waals surface area (Å²) in [5.74, 6) is 0. The SMILES string of the molecule is CCNC1CCc2c([nH]c3ccc(NC(=O)OC(C)(C)C)cc23)C1. The second-order valence-corrected chi connectivity index (χ2v) is 7.47. The van der Waals surface area contributed by atoms with Crippen LogP contribution in [0.3, 0.4) is 0 Å². The Bertz CT molecular complexity index is 743. The zero-order valence-corrected chi connectivity index (χ0v) is 15.0. The minimum absolute atomic E-state index is 0.418. The third kappa shape index (κ3) is 3.73. The lowest BCUT2D eigenvalue weighted by Gasteiger charge is -2.23. The highest BCUT2D eigenvalue weighted by Crippen LogP contribution is 2.31. The van der Waals surface area contributed by atoms with E-state index in [1.807, 2.05) is 39.0 Å². The van der Waals surface area contributed by atoms with Gasteiger partial charge in [-0.25, -0.2) is 4.79 Å². The fourth-order valence-corrected chi connectivity index (χ4v) is 3.39. The van der Waals surface area contributed by atoms with E-state index < -0.39 is 11.7 Å². The lowest BCUT2D eigenvalue weighted by atomic mass is 9.91. The first-order valence-electron chi connectivity index (χ1n) is 8.72. The van der Waals surface area contributed by atoms with Gasteiger partial charge in [-0.3, -0.25) is 5.32 Å². The van der Waals surface area contributed by atoms with E-state index in [4.69, 9.17) is 4.74 Å². The van der Waals surface area contributed by atoms with Crippen molar-refractivity contribution in [1.82, 2.24) is 10.3 Å². The van der Waals surface area contributed by atoms with Gasteiger partial charge < -0.3 is 15.0 Å². The molecule has 5 nitrogen and oxygen atoms in total. The molecule has 0 saturated carbocycles. The number of hydrogen-bond acceptors (Lipinski definition) is 3. The number of ether oxygens (including phenoxy) is 1. The molecule has 1 aromatic carbocycles. The molecule has 1 heterocycles. The molecule has 3 N–H and O–H groups in total. The van der Waals surface area contributed by atoms with Crippen molar-refractivity contribution < 1.29 is 9.53 Å². The molecule has 0 spiro atoms. The molecule has 3 rings (SSSR count). The van der Waals surface area contributed by atoms with Gasteiger partial charge in [0.1, 0.15) is 5.60 Å². The molecular formula is C19H27N3O2. The molecule has 24 heavy (non-hydrogen) atoms. The van der Waals surface area contributed by atoms with Gasteiger partial charge in [-0.05, 0) is 63.9 Å². The molecule has 0 aliphatic heterocycles. The second kappa shape index (κ2) is 6.48. The number of nitrogens with one attached hydrogen (secondary N) is 3. The van der Waals surface area contributed by atoms with Gasteiger partial charge in [0.2, 0.25) is 0 Å². The monoisotopic (exact) mass is 329 g/mol. The first-order valence-corrected chi connectivity index (χ1v) is 8.72. The van der Waals surface area contributed by atoms with E-state index in [2.05, 4.69) is 22.5 Å². The fourth-order valence-electron chi connectivity index (χ4n) is 3.39. The maximum atomic E-state index is 12.0. The minimum Gasteiger partial charge on any atom is -0.444 e. The lowest BCUT2D eigenvalue weighted by molar-refractivity contribution is 0.0636. The first kappa shape index (κ1) is 16.8. The Balaban J connectivity index is 1.80. The first-order chi connectivity index (χ1) is 11.4. The Morgan fingerprint density at radius 2 is 2.17 bits per heavy atom. The molecule has 0 radical (unpaired) electrons. The van der Waals surface area contributed by atoms with E-state index in [0.29, 0.717) is 6.04 Å². The van der Waals surface area contributed by atoms with Gasteiger partial charge in [0.25, 0.3) is 0 Å². The van der Waals surface area contributed by atoms with Crippen molar-refractivity contribution in [1.29, 1.82) is 0 Å². The van der Waals surface area contributed by atoms with Crippen LogP contribution in [0.25, 0.3) is 10.9 Å². The van der Waals surface area contributed by atoms with Crippen LogP contribution in [0.5, 0.6) is 0 Å². The summed E-state index contributed by atoms with van der Waals surface area (Å²) in [6, 6.07) is 6.54. The number of carbonyl (C=O) groups excluding carboxylic acids is 1. The van der Waals surface area contributed by atoms with E-state index in [1.54, 1.807) is 0 Å². The van der Waals surface area contributed by atoms with E-state index in [9.17, 15) is 4.79 Å². The Hall–Kier alpha value is -2.01. The molecule has 5 heteroatoms. The summed E-state index contributed by atoms with van der Waals surface area (Å²) in [5, 5.41) is 7.57. The topological polar surface area (TPSA) is 66.2 Å². The molecule has 1 unspecified atom stereocenters. The zero-order chi connectivity index (χ0) is 17.3. The van der Waals surface area contributed by atoms with E-state index in [0.717, 1.165) is 37.0 Å². The van der Waals surface area contributed by atoms with Gasteiger partial charge in [-0.2, -0.15) is 0 Å². The third-order valence-corrected chi connectivity index (χ3v) is 4.33. The molecule has 1 aromatic heterocycles. The Morgan fingerprint density at radius 1 is 1.38 bits per heavy atom. The average Bonchev–Trinajstić information content (AvgIpc) is 2.82. The van der Waals surface area contributed by atoms with Crippen molar-refractivity contribution in [2.24, 2.45) is 0 Å². The summed E-state index contributed by atoms with van der Waals surface area (Å²) in [6.07, 6.45) is 2.83. The summed E-state index contributed by atoms with van der Waals surface area (Å²) in [4.78, 5) is 15.5. The molecular weight excluding hydrogens is 302 g/mol. The molecule has 1 atom stereocenters. The van der Waals surface area contributed by atoms with Crippen LogP contribution in [-0.2, 0) is 17.6 Å². The van der Waals surface area contributed by atoms with E-state index >= 15 is 0 Å². The number of likely N-dealkylation sites (N-methyl/N-ethyl adjacent to an activating group) is 1. The lowest BCUT2D eigenvalue weighted by Crippen LogP contribution is -2.34. The Labute approximate surface area is 143 Å². The number of amides is 1. The van der Waals surface area contributed by atoms with Crippen LogP contribution in [0.2, 0.25) is 0 Å². The van der Waals surface area contributed by atoms with Crippen LogP contribution in [0.15, 0.2) is 18.2 Å². The van der Waals surface area contributed by atoms with Crippen LogP contribution in [-0.4, -0.2) is 29.3 Å². The maximum Gasteiger partial charge on any atom is 0.412 e. The highest BCUT2D eigenvalue weighted by Gasteiger charge is 2.22. The summed E-state index contributed by atoms with van der Waals surface area (Å²) < 4.78 is 5.32. The van der Waals surface area contributed by atoms with Crippen molar-refractivity contribution in [3.8, 4) is 0 Å². The summed E-state index contributed by atoms with van der Waals surface area (Å²) >= 11 is 0. The number of aromatic amines is 1. The van der Waals surface area contributed by atoms with Gasteiger partial charge in [-0.1, -0.05) is 6.92 Å². The normalized spacial score (nSPS) is 17.6. The van der Waals surface area contributed by atoms with Gasteiger partial charge in [-0.15, -0.1) is 0 Å². The second-order valence-electron chi connectivity index (χ2n) is 7.47. The summed E-state index contributed by atoms with van der Waals surface area (Å²) in [6.45, 7) is 8.73. The van der Waals surface area contributed by atoms with Crippen LogP contribution in [0, 0.1) is 0 Å². The third-order valence-electron chi connectivity index (χ3n) is 4.33. The van der Waals surface area contributed by atoms with Gasteiger partial charge >= 0.3 is 6.09 Å². The molecule has 0 bridgehead atoms. The quantitative estimate of drug-likeness (QED) is 0.798. The van der Waals surface area contributed by atoms with Crippen molar-refractivity contribution in [3.05, 3.63) is 29.5 Å². The number of aryl methyl sites for hydroxylation is 1. The molecule has 1 aliphatic carbocycles. The number of fused-ring (bicyclic) bond motifs is 3. The number of rotatable bonds is 3. The molecule has 2 aromatic rings. The zero-order valence-electron chi connectivity index (χ0n) is 15.0. The van der Waals surface area contributed by atoms with Gasteiger partial charge in [0.05, 0.1) is 0 Å². The number of carbonyl (C=O) groups is 1. The van der Waals surface area contributed by atoms with E-state index in [-0.39, 0.29) is 0 Å². The molecule has 0 saturated heterocycles. The molecule has 1 aliphatic rings. The maximum absolute atomic E-state index is 12.0. The minimum atomic E-state index is -0.497. The molecule has 1 amide bonds. The number of anilines is 1. The van der Waals surface area contributed by atoms with Gasteiger partial charge in [0.15, 0.2) is 0 Å². The van der Waals surface area contributed by atoms with Crippen molar-refractivity contribution >= 4 is 22.7 Å². The van der Waals surface area contributed by atoms with Gasteiger partial charge in [0, 0.05) is 34.7 Å². The van der Waals surface area contributed by atoms with Crippen molar-refractivity contribution in [3.63, 3.8) is 0 Å². The fraction of sp³-hybridized carbons (Fsp3) is 0.526. The highest BCUT2D eigenvalue weighted by atomic mass is 16.6. The van der Waals surface area contributed by atoms with Crippen LogP contribution in [0.4, 0.5) is 10.5 Å². The summed E-state index contributed by atoms with van der Waals surface area (Å²) in [5.41, 5.74) is 4.10. The average molecular weight is 329 g/mol. The van der Waals surface area contributed by atoms with Crippen LogP contribution < -0.4 is 10.6 Å². The summed E-state index contributed by atoms with van der Waals surface area (Å²) in [7, 11) is 0. The van der Waals surface area contributed by atoms with Crippen molar-refractivity contribution in [2.75, 3.05) is 11.9 Å². The number of hydrogen-bond donors (Lipinski definition) is 3. The standard InChI is InChI=1S/C19H27N3O2/c1-5-20-12-6-8-14-15-10-13(21-18(23)24-19(2,3)4)7-9-16(15)22-17(14)11-12/h7,9-10,12,20,22H,5-6,8,11H2,1-4H3,(H,21,23). The highest BCUT2D eigenvalue weighted by molar-refractivity contribution is 5.92. The predicted molar refractivity (Wildman–Crippen MR) is 97.6 cm³/mol. The Kier molecular flexibility index (Phi) is 4.54. The van der Waals surface area contributed by atoms with Crippen LogP contribution in [0.1, 0.15) is 45.4 Å². The van der Waals surface area contributed by atoms with Crippen molar-refractivity contribution in [2.45, 2.75) is 58.6 Å². The van der Waals surface area contributed by atoms with E-state index in [1.165, 1.54) is 16.6 Å². The number of aromatic nitrogens is 1. The molecule has 130 valence electrons. The molecule has 0 fully saturated rings. The predicted octanol–water partition coefficient (Wildman–Crippen LogP) is 3.98. The number of H-pyrrole nitrogens is 1. The largest absolute Gasteiger partial charge is 0.444 e.